The molecule has 6 atom stereocenters. The molecular formula is C34H26BrClFIN2O6. The van der Waals surface area contributed by atoms with Crippen LogP contribution < -0.4 is 14.5 Å². The van der Waals surface area contributed by atoms with Crippen LogP contribution in [0.5, 0.6) is 11.5 Å². The van der Waals surface area contributed by atoms with Crippen molar-refractivity contribution in [3.05, 3.63) is 90.7 Å². The van der Waals surface area contributed by atoms with Gasteiger partial charge in [0.1, 0.15) is 5.82 Å². The fourth-order valence-electron chi connectivity index (χ4n) is 8.03. The summed E-state index contributed by atoms with van der Waals surface area (Å²) in [5.74, 6) is -5.75. The number of amides is 4. The molecular weight excluding hydrogens is 794 g/mol. The number of imide groups is 2. The number of anilines is 2. The van der Waals surface area contributed by atoms with Gasteiger partial charge in [0.05, 0.1) is 51.1 Å². The van der Waals surface area contributed by atoms with Gasteiger partial charge in [-0.05, 0) is 124 Å². The maximum atomic E-state index is 14.6. The molecule has 8 nitrogen and oxygen atoms in total. The summed E-state index contributed by atoms with van der Waals surface area (Å²) in [6.45, 7) is 1.74. The second-order valence-electron chi connectivity index (χ2n) is 12.3. The first-order chi connectivity index (χ1) is 21.9. The standard InChI is InChI=1S/C34H26BrClFIN2O6/c1-34-22(31(43)40(33(34)45)18-7-10-25(37)24(36)13-18)14-21-19(28(34)15-11-23(35)29(41)26(12-15)46-2)8-9-20-27(21)32(44)39(30(20)42)17-5-3-16(38)4-6-17/h3-8,10-13,20-22,27-28,41H,9,14H2,1-2H3/t20-,21+,22-,27-,28-,34+/m0/s1. The van der Waals surface area contributed by atoms with Gasteiger partial charge in [-0.15, -0.1) is 0 Å². The van der Waals surface area contributed by atoms with Gasteiger partial charge in [-0.25, -0.2) is 9.29 Å². The SMILES string of the molecule is COc1cc([C@H]2C3=CC[C@@H]4C(=O)N(c5ccc(I)cc5)C(=O)[C@@H]4[C@@H]3C[C@H]3C(=O)N(c4ccc(F)c(Cl)c4)C(=O)[C@@]23C)cc(Br)c1O. The van der Waals surface area contributed by atoms with E-state index in [0.717, 1.165) is 20.1 Å². The van der Waals surface area contributed by atoms with Gasteiger partial charge in [0.2, 0.25) is 23.6 Å². The van der Waals surface area contributed by atoms with Gasteiger partial charge in [0, 0.05) is 9.49 Å². The summed E-state index contributed by atoms with van der Waals surface area (Å²) in [5, 5.41) is 10.4. The van der Waals surface area contributed by atoms with Crippen LogP contribution in [0.4, 0.5) is 15.8 Å². The molecule has 3 aromatic carbocycles. The summed E-state index contributed by atoms with van der Waals surface area (Å²) < 4.78 is 20.9. The normalized spacial score (nSPS) is 28.7. The number of phenolic OH excluding ortho intramolecular Hbond substituents is 1. The average Bonchev–Trinajstić information content (AvgIpc) is 3.40. The lowest BCUT2D eigenvalue weighted by molar-refractivity contribution is -0.131. The number of ether oxygens (including phenoxy) is 1. The molecule has 0 bridgehead atoms. The highest BCUT2D eigenvalue weighted by molar-refractivity contribution is 14.1. The molecule has 3 aromatic rings. The van der Waals surface area contributed by atoms with Crippen molar-refractivity contribution in [2.24, 2.45) is 29.1 Å². The lowest BCUT2D eigenvalue weighted by Gasteiger charge is -2.49. The zero-order chi connectivity index (χ0) is 32.8. The predicted molar refractivity (Wildman–Crippen MR) is 180 cm³/mol. The first-order valence-corrected chi connectivity index (χ1v) is 16.9. The van der Waals surface area contributed by atoms with E-state index in [1.807, 2.05) is 18.2 Å². The van der Waals surface area contributed by atoms with Gasteiger partial charge in [-0.3, -0.25) is 24.1 Å². The van der Waals surface area contributed by atoms with Gasteiger partial charge in [-0.1, -0.05) is 23.3 Å². The van der Waals surface area contributed by atoms with Crippen LogP contribution in [0.1, 0.15) is 31.2 Å². The van der Waals surface area contributed by atoms with Crippen LogP contribution in [0, 0.1) is 38.5 Å². The largest absolute Gasteiger partial charge is 0.503 e. The number of hydrogen-bond acceptors (Lipinski definition) is 6. The maximum Gasteiger partial charge on any atom is 0.241 e. The summed E-state index contributed by atoms with van der Waals surface area (Å²) in [7, 11) is 1.41. The van der Waals surface area contributed by atoms with Crippen LogP contribution in [0.2, 0.25) is 5.02 Å². The second kappa shape index (κ2) is 11.2. The van der Waals surface area contributed by atoms with Crippen LogP contribution in [0.3, 0.4) is 0 Å². The van der Waals surface area contributed by atoms with Crippen LogP contribution in [0.25, 0.3) is 0 Å². The highest BCUT2D eigenvalue weighted by Gasteiger charge is 2.67. The van der Waals surface area contributed by atoms with Crippen molar-refractivity contribution in [1.82, 2.24) is 0 Å². The summed E-state index contributed by atoms with van der Waals surface area (Å²) in [6.07, 6.45) is 2.39. The molecule has 4 aliphatic rings. The van der Waals surface area contributed by atoms with E-state index in [4.69, 9.17) is 16.3 Å². The number of fused-ring (bicyclic) bond motifs is 4. The van der Waals surface area contributed by atoms with E-state index >= 15 is 0 Å². The minimum absolute atomic E-state index is 0.126. The summed E-state index contributed by atoms with van der Waals surface area (Å²) in [4.78, 5) is 59.2. The Bertz CT molecular complexity index is 1900. The van der Waals surface area contributed by atoms with E-state index in [9.17, 15) is 28.7 Å². The van der Waals surface area contributed by atoms with Crippen molar-refractivity contribution in [2.75, 3.05) is 16.9 Å². The third kappa shape index (κ3) is 4.41. The fraction of sp³-hybridized carbons (Fsp3) is 0.294. The van der Waals surface area contributed by atoms with Crippen LogP contribution >= 0.6 is 50.1 Å². The number of halogens is 4. The molecule has 12 heteroatoms. The molecule has 0 spiro atoms. The average molecular weight is 820 g/mol. The van der Waals surface area contributed by atoms with Crippen molar-refractivity contribution < 1.29 is 33.4 Å². The highest BCUT2D eigenvalue weighted by atomic mass is 127. The van der Waals surface area contributed by atoms with Gasteiger partial charge in [0.15, 0.2) is 11.5 Å². The summed E-state index contributed by atoms with van der Waals surface area (Å²) in [5.41, 5.74) is 0.672. The topological polar surface area (TPSA) is 104 Å². The molecule has 2 heterocycles. The quantitative estimate of drug-likeness (QED) is 0.173. The van der Waals surface area contributed by atoms with Gasteiger partial charge < -0.3 is 9.84 Å². The molecule has 2 saturated heterocycles. The molecule has 2 aliphatic heterocycles. The van der Waals surface area contributed by atoms with Crippen molar-refractivity contribution >= 4 is 85.1 Å². The number of aromatic hydroxyl groups is 1. The molecule has 46 heavy (non-hydrogen) atoms. The molecule has 2 aliphatic carbocycles. The van der Waals surface area contributed by atoms with Gasteiger partial charge in [-0.2, -0.15) is 0 Å². The maximum absolute atomic E-state index is 14.6. The van der Waals surface area contributed by atoms with E-state index in [1.165, 1.54) is 24.1 Å². The number of carbonyl (C=O) groups is 4. The molecule has 0 unspecified atom stereocenters. The Labute approximate surface area is 290 Å². The third-order valence-electron chi connectivity index (χ3n) is 10.1. The van der Waals surface area contributed by atoms with E-state index in [-0.39, 0.29) is 46.9 Å². The lowest BCUT2D eigenvalue weighted by Crippen LogP contribution is -2.48. The Balaban J connectivity index is 1.39. The molecule has 236 valence electrons. The summed E-state index contributed by atoms with van der Waals surface area (Å²) >= 11 is 11.6. The first kappa shape index (κ1) is 31.3. The van der Waals surface area contributed by atoms with Crippen LogP contribution in [-0.2, 0) is 19.2 Å². The molecule has 4 amide bonds. The van der Waals surface area contributed by atoms with E-state index in [0.29, 0.717) is 15.7 Å². The molecule has 1 saturated carbocycles. The monoisotopic (exact) mass is 818 g/mol. The Morgan fingerprint density at radius 3 is 2.35 bits per heavy atom. The van der Waals surface area contributed by atoms with E-state index in [2.05, 4.69) is 38.5 Å². The minimum Gasteiger partial charge on any atom is -0.503 e. The molecule has 1 N–H and O–H groups in total. The molecule has 7 rings (SSSR count). The minimum atomic E-state index is -1.34. The second-order valence-corrected chi connectivity index (χ2v) is 14.8. The highest BCUT2D eigenvalue weighted by Crippen LogP contribution is 2.64. The van der Waals surface area contributed by atoms with Crippen LogP contribution in [0.15, 0.2) is 70.7 Å². The number of hydrogen-bond donors (Lipinski definition) is 1. The van der Waals surface area contributed by atoms with Crippen molar-refractivity contribution in [1.29, 1.82) is 0 Å². The number of carbonyl (C=O) groups excluding carboxylic acids is 4. The van der Waals surface area contributed by atoms with Crippen molar-refractivity contribution in [3.8, 4) is 11.5 Å². The number of phenols is 1. The number of benzene rings is 3. The zero-order valence-corrected chi connectivity index (χ0v) is 29.0. The van der Waals surface area contributed by atoms with Gasteiger partial charge >= 0.3 is 0 Å². The third-order valence-corrected chi connectivity index (χ3v) is 11.7. The molecule has 0 radical (unpaired) electrons. The lowest BCUT2D eigenvalue weighted by atomic mass is 9.51. The Kier molecular flexibility index (Phi) is 7.60. The Morgan fingerprint density at radius 2 is 1.67 bits per heavy atom. The smallest absolute Gasteiger partial charge is 0.241 e. The van der Waals surface area contributed by atoms with Crippen LogP contribution in [-0.4, -0.2) is 35.8 Å². The fourth-order valence-corrected chi connectivity index (χ4v) is 9.02. The zero-order valence-electron chi connectivity index (χ0n) is 24.5. The van der Waals surface area contributed by atoms with E-state index < -0.39 is 52.6 Å². The Morgan fingerprint density at radius 1 is 0.978 bits per heavy atom. The number of nitrogens with zero attached hydrogens (tertiary/aromatic N) is 2. The number of allylic oxidation sites excluding steroid dienone is 2. The summed E-state index contributed by atoms with van der Waals surface area (Å²) in [6, 6.07) is 14.2. The van der Waals surface area contributed by atoms with Crippen molar-refractivity contribution in [2.45, 2.75) is 25.7 Å². The number of methoxy groups -OCH3 is 1. The number of rotatable bonds is 4. The first-order valence-electron chi connectivity index (χ1n) is 14.6. The molecule has 0 aromatic heterocycles. The van der Waals surface area contributed by atoms with E-state index in [1.54, 1.807) is 31.2 Å². The van der Waals surface area contributed by atoms with Crippen molar-refractivity contribution in [3.63, 3.8) is 0 Å². The molecule has 3 fully saturated rings. The predicted octanol–water partition coefficient (Wildman–Crippen LogP) is 7.00. The van der Waals surface area contributed by atoms with Gasteiger partial charge in [0.25, 0.3) is 0 Å². The Hall–Kier alpha value is -3.29.